The largest absolute Gasteiger partial charge is 0.433 e. The second-order valence-electron chi connectivity index (χ2n) is 9.22. The van der Waals surface area contributed by atoms with Crippen molar-refractivity contribution in [1.29, 1.82) is 0 Å². The van der Waals surface area contributed by atoms with Crippen LogP contribution in [-0.2, 0) is 6.18 Å². The van der Waals surface area contributed by atoms with Gasteiger partial charge in [-0.05, 0) is 49.9 Å². The first-order chi connectivity index (χ1) is 17.8. The topological polar surface area (TPSA) is 45.1 Å². The minimum atomic E-state index is -4.66. The Morgan fingerprint density at radius 3 is 1.92 bits per heavy atom. The van der Waals surface area contributed by atoms with Crippen molar-refractivity contribution in [2.24, 2.45) is 0 Å². The highest BCUT2D eigenvalue weighted by molar-refractivity contribution is 7.59. The normalized spacial score (nSPS) is 12.3. The monoisotopic (exact) mass is 538 g/mol. The number of aryl methyl sites for hydroxylation is 1. The highest BCUT2D eigenvalue weighted by Crippen LogP contribution is 2.36. The molecule has 1 aromatic heterocycles. The standard InChI is InChI=1S/C31H31F3N2O.H2S/c1-22-15-17-23(18-16-22)27-20-19-26(30(36-27)31(32,33)34)28(37)14-8-9-21-35-29(24-10-4-2-5-11-24)25-12-6-3-7-13-25;/h2-7,10-13,15-20,28-29,35,37H,8-9,14,21H2,1H3;1H2/t28-;/m1./s1. The van der Waals surface area contributed by atoms with Crippen molar-refractivity contribution in [3.8, 4) is 11.3 Å². The molecule has 0 spiro atoms. The van der Waals surface area contributed by atoms with E-state index in [2.05, 4.69) is 34.6 Å². The lowest BCUT2D eigenvalue weighted by atomic mass is 9.98. The summed E-state index contributed by atoms with van der Waals surface area (Å²) < 4.78 is 41.5. The zero-order chi connectivity index (χ0) is 26.3. The Morgan fingerprint density at radius 1 is 0.789 bits per heavy atom. The summed E-state index contributed by atoms with van der Waals surface area (Å²) in [6, 6.07) is 30.3. The van der Waals surface area contributed by atoms with Gasteiger partial charge in [-0.2, -0.15) is 26.7 Å². The second kappa shape index (κ2) is 13.6. The fourth-order valence-corrected chi connectivity index (χ4v) is 4.43. The molecule has 2 N–H and O–H groups in total. The van der Waals surface area contributed by atoms with Crippen LogP contribution in [0.25, 0.3) is 11.3 Å². The third-order valence-corrected chi connectivity index (χ3v) is 6.42. The van der Waals surface area contributed by atoms with Crippen LogP contribution in [0.15, 0.2) is 97.1 Å². The second-order valence-corrected chi connectivity index (χ2v) is 9.22. The van der Waals surface area contributed by atoms with E-state index < -0.39 is 18.0 Å². The van der Waals surface area contributed by atoms with Crippen LogP contribution in [0.2, 0.25) is 0 Å². The van der Waals surface area contributed by atoms with E-state index >= 15 is 0 Å². The van der Waals surface area contributed by atoms with Gasteiger partial charge in [-0.3, -0.25) is 0 Å². The molecule has 4 aromatic rings. The quantitative estimate of drug-likeness (QED) is 0.203. The fraction of sp³-hybridized carbons (Fsp3) is 0.258. The SMILES string of the molecule is Cc1ccc(-c2ccc([C@H](O)CCCCNC(c3ccccc3)c3ccccc3)c(C(F)(F)F)n2)cc1.S. The molecule has 0 aliphatic heterocycles. The first-order valence-electron chi connectivity index (χ1n) is 12.5. The van der Waals surface area contributed by atoms with E-state index in [4.69, 9.17) is 0 Å². The van der Waals surface area contributed by atoms with Crippen LogP contribution in [-0.4, -0.2) is 16.6 Å². The summed E-state index contributed by atoms with van der Waals surface area (Å²) >= 11 is 0. The van der Waals surface area contributed by atoms with E-state index in [1.54, 1.807) is 18.2 Å². The van der Waals surface area contributed by atoms with Crippen LogP contribution in [0.5, 0.6) is 0 Å². The smallest absolute Gasteiger partial charge is 0.388 e. The molecule has 0 aliphatic rings. The van der Waals surface area contributed by atoms with Gasteiger partial charge < -0.3 is 10.4 Å². The molecule has 3 aromatic carbocycles. The maximum absolute atomic E-state index is 13.8. The van der Waals surface area contributed by atoms with Gasteiger partial charge >= 0.3 is 6.18 Å². The molecule has 1 heterocycles. The van der Waals surface area contributed by atoms with E-state index in [9.17, 15) is 18.3 Å². The van der Waals surface area contributed by atoms with Gasteiger partial charge in [0.25, 0.3) is 0 Å². The number of aliphatic hydroxyl groups is 1. The Hall–Kier alpha value is -3.13. The minimum Gasteiger partial charge on any atom is -0.388 e. The number of nitrogens with zero attached hydrogens (tertiary/aromatic N) is 1. The van der Waals surface area contributed by atoms with Crippen LogP contribution < -0.4 is 5.32 Å². The molecule has 200 valence electrons. The molecule has 7 heteroatoms. The van der Waals surface area contributed by atoms with Crippen molar-refractivity contribution < 1.29 is 18.3 Å². The predicted octanol–water partition coefficient (Wildman–Crippen LogP) is 7.77. The molecule has 0 aliphatic carbocycles. The third-order valence-electron chi connectivity index (χ3n) is 6.42. The number of halogens is 3. The molecule has 1 atom stereocenters. The first-order valence-corrected chi connectivity index (χ1v) is 12.5. The van der Waals surface area contributed by atoms with E-state index in [0.717, 1.165) is 16.7 Å². The molecule has 0 saturated heterocycles. The lowest BCUT2D eigenvalue weighted by Gasteiger charge is -2.20. The molecular weight excluding hydrogens is 505 g/mol. The number of aromatic nitrogens is 1. The molecule has 0 saturated carbocycles. The summed E-state index contributed by atoms with van der Waals surface area (Å²) in [6.45, 7) is 2.58. The third kappa shape index (κ3) is 7.69. The highest BCUT2D eigenvalue weighted by atomic mass is 32.1. The summed E-state index contributed by atoms with van der Waals surface area (Å²) in [7, 11) is 0. The van der Waals surface area contributed by atoms with Crippen LogP contribution in [0.1, 0.15) is 59.4 Å². The van der Waals surface area contributed by atoms with Gasteiger partial charge in [0.15, 0.2) is 5.69 Å². The van der Waals surface area contributed by atoms with Gasteiger partial charge in [0.05, 0.1) is 17.8 Å². The summed E-state index contributed by atoms with van der Waals surface area (Å²) in [4.78, 5) is 3.90. The molecule has 38 heavy (non-hydrogen) atoms. The zero-order valence-corrected chi connectivity index (χ0v) is 22.2. The fourth-order valence-electron chi connectivity index (χ4n) is 4.43. The number of rotatable bonds is 10. The Balaban J connectivity index is 0.00000400. The zero-order valence-electron chi connectivity index (χ0n) is 21.2. The van der Waals surface area contributed by atoms with Crippen molar-refractivity contribution in [3.63, 3.8) is 0 Å². The predicted molar refractivity (Wildman–Crippen MR) is 151 cm³/mol. The van der Waals surface area contributed by atoms with Crippen molar-refractivity contribution in [2.75, 3.05) is 6.54 Å². The van der Waals surface area contributed by atoms with Crippen LogP contribution in [0.3, 0.4) is 0 Å². The maximum atomic E-state index is 13.8. The lowest BCUT2D eigenvalue weighted by molar-refractivity contribution is -0.142. The van der Waals surface area contributed by atoms with Crippen LogP contribution >= 0.6 is 13.5 Å². The lowest BCUT2D eigenvalue weighted by Crippen LogP contribution is -2.23. The van der Waals surface area contributed by atoms with Gasteiger partial charge in [0.2, 0.25) is 0 Å². The molecule has 0 fully saturated rings. The number of pyridine rings is 1. The van der Waals surface area contributed by atoms with E-state index in [1.807, 2.05) is 55.5 Å². The van der Waals surface area contributed by atoms with Crippen LogP contribution in [0, 0.1) is 6.92 Å². The Bertz CT molecular complexity index is 1230. The van der Waals surface area contributed by atoms with Gasteiger partial charge in [-0.1, -0.05) is 96.6 Å². The van der Waals surface area contributed by atoms with Gasteiger partial charge in [0.1, 0.15) is 0 Å². The summed E-state index contributed by atoms with van der Waals surface area (Å²) in [5.74, 6) is 0. The average molecular weight is 539 g/mol. The van der Waals surface area contributed by atoms with Gasteiger partial charge in [0, 0.05) is 11.1 Å². The van der Waals surface area contributed by atoms with Crippen molar-refractivity contribution >= 4 is 13.5 Å². The number of aliphatic hydroxyl groups excluding tert-OH is 1. The minimum absolute atomic E-state index is 0. The number of nitrogens with one attached hydrogen (secondary N) is 1. The summed E-state index contributed by atoms with van der Waals surface area (Å²) in [5.41, 5.74) is 2.94. The maximum Gasteiger partial charge on any atom is 0.433 e. The number of alkyl halides is 3. The van der Waals surface area contributed by atoms with Crippen LogP contribution in [0.4, 0.5) is 13.2 Å². The van der Waals surface area contributed by atoms with Gasteiger partial charge in [-0.25, -0.2) is 4.98 Å². The first kappa shape index (κ1) is 29.4. The Morgan fingerprint density at radius 2 is 1.37 bits per heavy atom. The van der Waals surface area contributed by atoms with Crippen molar-refractivity contribution in [3.05, 3.63) is 125 Å². The number of hydrogen-bond acceptors (Lipinski definition) is 3. The van der Waals surface area contributed by atoms with E-state index in [1.165, 1.54) is 6.07 Å². The molecule has 3 nitrogen and oxygen atoms in total. The summed E-state index contributed by atoms with van der Waals surface area (Å²) in [6.07, 6.45) is -4.39. The number of benzene rings is 3. The average Bonchev–Trinajstić information content (AvgIpc) is 2.91. The molecule has 0 amide bonds. The van der Waals surface area contributed by atoms with E-state index in [-0.39, 0.29) is 37.2 Å². The Labute approximate surface area is 229 Å². The number of unbranched alkanes of at least 4 members (excludes halogenated alkanes) is 1. The molecular formula is C31H33F3N2OS. The van der Waals surface area contributed by atoms with Gasteiger partial charge in [-0.15, -0.1) is 0 Å². The molecule has 0 radical (unpaired) electrons. The van der Waals surface area contributed by atoms with E-state index in [0.29, 0.717) is 24.9 Å². The molecule has 0 unspecified atom stereocenters. The molecule has 0 bridgehead atoms. The highest BCUT2D eigenvalue weighted by Gasteiger charge is 2.37. The molecule has 4 rings (SSSR count). The van der Waals surface area contributed by atoms with Crippen molar-refractivity contribution in [1.82, 2.24) is 10.3 Å². The van der Waals surface area contributed by atoms with Crippen molar-refractivity contribution in [2.45, 2.75) is 44.5 Å². The number of hydrogen-bond donors (Lipinski definition) is 2. The Kier molecular flexibility index (Phi) is 10.5. The summed E-state index contributed by atoms with van der Waals surface area (Å²) in [5, 5.41) is 14.2.